The molecule has 0 radical (unpaired) electrons. The Kier molecular flexibility index (Phi) is 4.44. The van der Waals surface area contributed by atoms with E-state index in [1.807, 2.05) is 37.3 Å². The standard InChI is InChI=1S/C15H15N3O3S2/c1-2-13(11-6-4-3-5-7-11)14-16-17-15(21-14)18-23(19,20)12-8-9-22-10-12/h3-10,13H,2H2,1H3,(H,17,18)/t13-/m1/s1. The first kappa shape index (κ1) is 15.7. The van der Waals surface area contributed by atoms with Gasteiger partial charge in [0.25, 0.3) is 10.0 Å². The monoisotopic (exact) mass is 349 g/mol. The Labute approximate surface area is 138 Å². The molecule has 120 valence electrons. The highest BCUT2D eigenvalue weighted by Gasteiger charge is 2.22. The number of nitrogens with one attached hydrogen (secondary N) is 1. The number of benzene rings is 1. The third-order valence-electron chi connectivity index (χ3n) is 3.38. The van der Waals surface area contributed by atoms with E-state index >= 15 is 0 Å². The lowest BCUT2D eigenvalue weighted by atomic mass is 9.97. The third kappa shape index (κ3) is 3.43. The maximum absolute atomic E-state index is 12.1. The van der Waals surface area contributed by atoms with Crippen LogP contribution in [0, 0.1) is 0 Å². The van der Waals surface area contributed by atoms with Crippen LogP contribution < -0.4 is 4.72 Å². The van der Waals surface area contributed by atoms with Gasteiger partial charge in [0.1, 0.15) is 0 Å². The number of sulfonamides is 1. The average Bonchev–Trinajstić information content (AvgIpc) is 3.21. The Bertz CT molecular complexity index is 859. The van der Waals surface area contributed by atoms with Crippen LogP contribution in [0.25, 0.3) is 0 Å². The van der Waals surface area contributed by atoms with Crippen molar-refractivity contribution in [2.24, 2.45) is 0 Å². The molecule has 0 aliphatic heterocycles. The number of rotatable bonds is 6. The molecule has 0 saturated heterocycles. The van der Waals surface area contributed by atoms with E-state index in [4.69, 9.17) is 4.42 Å². The minimum atomic E-state index is -3.69. The first-order valence-electron chi connectivity index (χ1n) is 7.03. The molecule has 0 spiro atoms. The molecule has 1 atom stereocenters. The van der Waals surface area contributed by atoms with Crippen LogP contribution in [0.2, 0.25) is 0 Å². The van der Waals surface area contributed by atoms with E-state index < -0.39 is 10.0 Å². The Hall–Kier alpha value is -2.19. The van der Waals surface area contributed by atoms with Gasteiger partial charge in [-0.1, -0.05) is 42.4 Å². The molecule has 6 nitrogen and oxygen atoms in total. The van der Waals surface area contributed by atoms with Crippen LogP contribution in [0.1, 0.15) is 30.7 Å². The second-order valence-corrected chi connectivity index (χ2v) is 7.34. The van der Waals surface area contributed by atoms with Crippen molar-refractivity contribution in [1.82, 2.24) is 10.2 Å². The van der Waals surface area contributed by atoms with Gasteiger partial charge in [0, 0.05) is 5.38 Å². The number of aromatic nitrogens is 2. The fourth-order valence-corrected chi connectivity index (χ4v) is 4.19. The van der Waals surface area contributed by atoms with Crippen molar-refractivity contribution in [2.45, 2.75) is 24.2 Å². The largest absolute Gasteiger partial charge is 0.407 e. The summed E-state index contributed by atoms with van der Waals surface area (Å²) in [7, 11) is -3.69. The quantitative estimate of drug-likeness (QED) is 0.736. The molecule has 0 fully saturated rings. The van der Waals surface area contributed by atoms with Gasteiger partial charge in [0.15, 0.2) is 0 Å². The highest BCUT2D eigenvalue weighted by atomic mass is 32.2. The summed E-state index contributed by atoms with van der Waals surface area (Å²) in [5.74, 6) is 0.324. The number of anilines is 1. The number of hydrogen-bond donors (Lipinski definition) is 1. The van der Waals surface area contributed by atoms with Crippen molar-refractivity contribution in [1.29, 1.82) is 0 Å². The SMILES string of the molecule is CC[C@H](c1ccccc1)c1nnc(NS(=O)(=O)c2ccsc2)o1. The van der Waals surface area contributed by atoms with E-state index in [9.17, 15) is 8.42 Å². The molecular formula is C15H15N3O3S2. The van der Waals surface area contributed by atoms with Crippen LogP contribution in [-0.4, -0.2) is 18.6 Å². The van der Waals surface area contributed by atoms with Crippen molar-refractivity contribution in [2.75, 3.05) is 4.72 Å². The van der Waals surface area contributed by atoms with E-state index in [0.717, 1.165) is 12.0 Å². The molecule has 0 aliphatic rings. The van der Waals surface area contributed by atoms with Gasteiger partial charge >= 0.3 is 6.01 Å². The zero-order chi connectivity index (χ0) is 16.3. The van der Waals surface area contributed by atoms with Crippen molar-refractivity contribution in [3.05, 3.63) is 58.6 Å². The van der Waals surface area contributed by atoms with Gasteiger partial charge in [0.2, 0.25) is 5.89 Å². The fraction of sp³-hybridized carbons (Fsp3) is 0.200. The lowest BCUT2D eigenvalue weighted by molar-refractivity contribution is 0.476. The maximum atomic E-state index is 12.1. The van der Waals surface area contributed by atoms with Crippen molar-refractivity contribution in [3.8, 4) is 0 Å². The summed E-state index contributed by atoms with van der Waals surface area (Å²) >= 11 is 1.30. The average molecular weight is 349 g/mol. The van der Waals surface area contributed by atoms with E-state index in [1.165, 1.54) is 17.4 Å². The minimum Gasteiger partial charge on any atom is -0.407 e. The van der Waals surface area contributed by atoms with E-state index in [1.54, 1.807) is 10.8 Å². The zero-order valence-electron chi connectivity index (χ0n) is 12.3. The molecule has 0 aliphatic carbocycles. The highest BCUT2D eigenvalue weighted by Crippen LogP contribution is 2.28. The van der Waals surface area contributed by atoms with E-state index in [0.29, 0.717) is 5.89 Å². The Morgan fingerprint density at radius 3 is 2.65 bits per heavy atom. The molecule has 0 unspecified atom stereocenters. The summed E-state index contributed by atoms with van der Waals surface area (Å²) in [5.41, 5.74) is 1.05. The van der Waals surface area contributed by atoms with Crippen LogP contribution in [-0.2, 0) is 10.0 Å². The van der Waals surface area contributed by atoms with Crippen LogP contribution in [0.15, 0.2) is 56.5 Å². The summed E-state index contributed by atoms with van der Waals surface area (Å²) in [6.07, 6.45) is 0.767. The minimum absolute atomic E-state index is 0.0666. The second-order valence-electron chi connectivity index (χ2n) is 4.88. The number of nitrogens with zero attached hydrogens (tertiary/aromatic N) is 2. The first-order chi connectivity index (χ1) is 11.1. The summed E-state index contributed by atoms with van der Waals surface area (Å²) in [6, 6.07) is 11.2. The van der Waals surface area contributed by atoms with Crippen LogP contribution in [0.4, 0.5) is 6.01 Å². The summed E-state index contributed by atoms with van der Waals surface area (Å²) in [5, 5.41) is 11.0. The molecule has 0 bridgehead atoms. The Morgan fingerprint density at radius 1 is 1.22 bits per heavy atom. The molecule has 1 N–H and O–H groups in total. The first-order valence-corrected chi connectivity index (χ1v) is 9.46. The summed E-state index contributed by atoms with van der Waals surface area (Å²) < 4.78 is 32.1. The van der Waals surface area contributed by atoms with Gasteiger partial charge in [-0.15, -0.1) is 5.10 Å². The topological polar surface area (TPSA) is 85.1 Å². The predicted octanol–water partition coefficient (Wildman–Crippen LogP) is 3.47. The lowest BCUT2D eigenvalue weighted by Gasteiger charge is -2.10. The van der Waals surface area contributed by atoms with Gasteiger partial charge in [-0.2, -0.15) is 11.3 Å². The molecular weight excluding hydrogens is 334 g/mol. The predicted molar refractivity (Wildman–Crippen MR) is 88.0 cm³/mol. The summed E-state index contributed by atoms with van der Waals surface area (Å²) in [4.78, 5) is 0.178. The molecule has 0 amide bonds. The summed E-state index contributed by atoms with van der Waals surface area (Å²) in [6.45, 7) is 2.01. The maximum Gasteiger partial charge on any atom is 0.329 e. The van der Waals surface area contributed by atoms with Crippen LogP contribution in [0.3, 0.4) is 0 Å². The zero-order valence-corrected chi connectivity index (χ0v) is 14.0. The van der Waals surface area contributed by atoms with Crippen LogP contribution in [0.5, 0.6) is 0 Å². The molecule has 23 heavy (non-hydrogen) atoms. The van der Waals surface area contributed by atoms with E-state index in [-0.39, 0.29) is 16.8 Å². The van der Waals surface area contributed by atoms with Crippen molar-refractivity contribution < 1.29 is 12.8 Å². The van der Waals surface area contributed by atoms with Gasteiger partial charge in [-0.3, -0.25) is 0 Å². The molecule has 2 aromatic heterocycles. The van der Waals surface area contributed by atoms with Gasteiger partial charge in [-0.25, -0.2) is 13.1 Å². The molecule has 1 aromatic carbocycles. The number of thiophene rings is 1. The van der Waals surface area contributed by atoms with Gasteiger partial charge < -0.3 is 4.42 Å². The van der Waals surface area contributed by atoms with Gasteiger partial charge in [0.05, 0.1) is 10.8 Å². The van der Waals surface area contributed by atoms with Gasteiger partial charge in [-0.05, 0) is 23.4 Å². The number of hydrogen-bond acceptors (Lipinski definition) is 6. The molecule has 8 heteroatoms. The third-order valence-corrected chi connectivity index (χ3v) is 5.53. The highest BCUT2D eigenvalue weighted by molar-refractivity contribution is 7.92. The van der Waals surface area contributed by atoms with E-state index in [2.05, 4.69) is 14.9 Å². The molecule has 3 aromatic rings. The van der Waals surface area contributed by atoms with Crippen molar-refractivity contribution >= 4 is 27.4 Å². The van der Waals surface area contributed by atoms with Crippen LogP contribution >= 0.6 is 11.3 Å². The molecule has 2 heterocycles. The normalized spacial score (nSPS) is 12.9. The Balaban J connectivity index is 1.83. The van der Waals surface area contributed by atoms with Crippen molar-refractivity contribution in [3.63, 3.8) is 0 Å². The fourth-order valence-electron chi connectivity index (χ4n) is 2.23. The second kappa shape index (κ2) is 6.51. The Morgan fingerprint density at radius 2 is 2.00 bits per heavy atom. The molecule has 3 rings (SSSR count). The smallest absolute Gasteiger partial charge is 0.329 e. The lowest BCUT2D eigenvalue weighted by Crippen LogP contribution is -2.12. The molecule has 0 saturated carbocycles.